The van der Waals surface area contributed by atoms with E-state index in [4.69, 9.17) is 4.42 Å². The monoisotopic (exact) mass is 341 g/mol. The summed E-state index contributed by atoms with van der Waals surface area (Å²) < 4.78 is 7.61. The molecule has 2 aromatic heterocycles. The van der Waals surface area contributed by atoms with E-state index in [1.165, 1.54) is 0 Å². The Labute approximate surface area is 146 Å². The number of benzene rings is 1. The first-order valence-corrected chi connectivity index (χ1v) is 8.81. The fourth-order valence-corrected chi connectivity index (χ4v) is 3.11. The lowest BCUT2D eigenvalue weighted by atomic mass is 10.1. The molecule has 3 rings (SSSR count). The molecule has 0 saturated heterocycles. The van der Waals surface area contributed by atoms with Crippen LogP contribution in [0.15, 0.2) is 34.7 Å². The highest BCUT2D eigenvalue weighted by Crippen LogP contribution is 2.33. The molecule has 1 atom stereocenters. The van der Waals surface area contributed by atoms with Crippen LogP contribution >= 0.6 is 0 Å². The highest BCUT2D eigenvalue weighted by atomic mass is 16.4. The summed E-state index contributed by atoms with van der Waals surface area (Å²) in [6.07, 6.45) is 3.98. The first-order chi connectivity index (χ1) is 12.2. The number of fused-ring (bicyclic) bond motifs is 1. The zero-order valence-corrected chi connectivity index (χ0v) is 14.6. The second-order valence-corrected chi connectivity index (χ2v) is 6.21. The van der Waals surface area contributed by atoms with E-state index in [0.717, 1.165) is 30.2 Å². The zero-order chi connectivity index (χ0) is 17.8. The highest BCUT2D eigenvalue weighted by Gasteiger charge is 2.26. The van der Waals surface area contributed by atoms with Crippen molar-refractivity contribution < 1.29 is 14.3 Å². The van der Waals surface area contributed by atoms with E-state index in [0.29, 0.717) is 30.3 Å². The van der Waals surface area contributed by atoms with E-state index in [1.54, 1.807) is 0 Å². The topological polar surface area (TPSA) is 81.1 Å². The lowest BCUT2D eigenvalue weighted by Crippen LogP contribution is -2.19. The number of carboxylic acid groups (broad SMARTS) is 1. The largest absolute Gasteiger partial charge is 0.480 e. The predicted octanol–water partition coefficient (Wildman–Crippen LogP) is 4.46. The number of aliphatic carboxylic acids is 1. The molecule has 0 aliphatic heterocycles. The molecule has 3 aromatic rings. The van der Waals surface area contributed by atoms with E-state index in [9.17, 15) is 9.90 Å². The molecule has 0 spiro atoms. The van der Waals surface area contributed by atoms with Gasteiger partial charge in [-0.1, -0.05) is 44.9 Å². The number of para-hydroxylation sites is 1. The van der Waals surface area contributed by atoms with Gasteiger partial charge in [0, 0.05) is 17.3 Å². The summed E-state index contributed by atoms with van der Waals surface area (Å²) in [5.41, 5.74) is 1.54. The van der Waals surface area contributed by atoms with Crippen LogP contribution in [0, 0.1) is 0 Å². The van der Waals surface area contributed by atoms with Gasteiger partial charge in [0.1, 0.15) is 11.7 Å². The number of aryl methyl sites for hydroxylation is 1. The molecular formula is C19H23N3O3. The van der Waals surface area contributed by atoms with Crippen LogP contribution in [0.5, 0.6) is 0 Å². The first-order valence-electron chi connectivity index (χ1n) is 8.81. The summed E-state index contributed by atoms with van der Waals surface area (Å²) in [4.78, 5) is 12.0. The summed E-state index contributed by atoms with van der Waals surface area (Å²) in [6.45, 7) is 4.11. The molecule has 25 heavy (non-hydrogen) atoms. The van der Waals surface area contributed by atoms with Crippen LogP contribution in [0.2, 0.25) is 0 Å². The molecule has 132 valence electrons. The molecule has 2 heterocycles. The average molecular weight is 341 g/mol. The Morgan fingerprint density at radius 3 is 2.76 bits per heavy atom. The van der Waals surface area contributed by atoms with Crippen molar-refractivity contribution in [2.45, 2.75) is 52.0 Å². The molecular weight excluding hydrogens is 318 g/mol. The van der Waals surface area contributed by atoms with Crippen LogP contribution in [0.3, 0.4) is 0 Å². The fourth-order valence-electron chi connectivity index (χ4n) is 3.11. The Morgan fingerprint density at radius 1 is 1.24 bits per heavy atom. The second kappa shape index (κ2) is 7.51. The van der Waals surface area contributed by atoms with Gasteiger partial charge in [-0.25, -0.2) is 4.79 Å². The van der Waals surface area contributed by atoms with Crippen LogP contribution < -0.4 is 0 Å². The van der Waals surface area contributed by atoms with Gasteiger partial charge in [-0.2, -0.15) is 0 Å². The summed E-state index contributed by atoms with van der Waals surface area (Å²) in [5.74, 6) is 0.112. The number of hydrogen-bond acceptors (Lipinski definition) is 4. The average Bonchev–Trinajstić information content (AvgIpc) is 3.20. The SMILES string of the molecule is CCCCC(C(=O)O)n1c(-c2nnc(CCC)o2)cc2ccccc21. The Bertz CT molecular complexity index is 866. The number of carbonyl (C=O) groups is 1. The van der Waals surface area contributed by atoms with Gasteiger partial charge < -0.3 is 14.1 Å². The van der Waals surface area contributed by atoms with Crippen molar-refractivity contribution in [2.24, 2.45) is 0 Å². The number of unbranched alkanes of at least 4 members (excludes halogenated alkanes) is 1. The molecule has 1 aromatic carbocycles. The quantitative estimate of drug-likeness (QED) is 0.654. The Morgan fingerprint density at radius 2 is 2.04 bits per heavy atom. The Balaban J connectivity index is 2.15. The van der Waals surface area contributed by atoms with Gasteiger partial charge in [-0.3, -0.25) is 0 Å². The number of carboxylic acids is 1. The summed E-state index contributed by atoms with van der Waals surface area (Å²) in [5, 5.41) is 19.0. The second-order valence-electron chi connectivity index (χ2n) is 6.21. The van der Waals surface area contributed by atoms with Crippen molar-refractivity contribution in [1.82, 2.24) is 14.8 Å². The smallest absolute Gasteiger partial charge is 0.326 e. The molecule has 6 heteroatoms. The van der Waals surface area contributed by atoms with Crippen molar-refractivity contribution in [2.75, 3.05) is 0 Å². The highest BCUT2D eigenvalue weighted by molar-refractivity contribution is 5.88. The number of nitrogens with zero attached hydrogens (tertiary/aromatic N) is 3. The Kier molecular flexibility index (Phi) is 5.16. The van der Waals surface area contributed by atoms with E-state index < -0.39 is 12.0 Å². The molecule has 0 bridgehead atoms. The van der Waals surface area contributed by atoms with E-state index >= 15 is 0 Å². The minimum atomic E-state index is -0.843. The zero-order valence-electron chi connectivity index (χ0n) is 14.6. The summed E-state index contributed by atoms with van der Waals surface area (Å²) in [7, 11) is 0. The Hall–Kier alpha value is -2.63. The molecule has 1 N–H and O–H groups in total. The molecule has 0 aliphatic rings. The molecule has 0 aliphatic carbocycles. The molecule has 0 radical (unpaired) electrons. The van der Waals surface area contributed by atoms with Crippen molar-refractivity contribution >= 4 is 16.9 Å². The summed E-state index contributed by atoms with van der Waals surface area (Å²) >= 11 is 0. The van der Waals surface area contributed by atoms with E-state index in [2.05, 4.69) is 17.1 Å². The van der Waals surface area contributed by atoms with Gasteiger partial charge in [-0.15, -0.1) is 10.2 Å². The molecule has 1 unspecified atom stereocenters. The number of rotatable bonds is 8. The fraction of sp³-hybridized carbons (Fsp3) is 0.421. The third-order valence-corrected chi connectivity index (χ3v) is 4.33. The third kappa shape index (κ3) is 3.43. The maximum Gasteiger partial charge on any atom is 0.326 e. The van der Waals surface area contributed by atoms with Gasteiger partial charge in [0.05, 0.1) is 0 Å². The van der Waals surface area contributed by atoms with Crippen LogP contribution in [-0.2, 0) is 11.2 Å². The lowest BCUT2D eigenvalue weighted by Gasteiger charge is -2.17. The van der Waals surface area contributed by atoms with Gasteiger partial charge in [0.2, 0.25) is 5.89 Å². The van der Waals surface area contributed by atoms with Crippen molar-refractivity contribution in [3.05, 3.63) is 36.2 Å². The molecule has 0 saturated carbocycles. The van der Waals surface area contributed by atoms with Gasteiger partial charge in [0.25, 0.3) is 5.89 Å². The van der Waals surface area contributed by atoms with Gasteiger partial charge in [-0.05, 0) is 25.0 Å². The normalized spacial score (nSPS) is 12.6. The van der Waals surface area contributed by atoms with E-state index in [1.807, 2.05) is 41.8 Å². The first kappa shape index (κ1) is 17.2. The lowest BCUT2D eigenvalue weighted by molar-refractivity contribution is -0.141. The summed E-state index contributed by atoms with van der Waals surface area (Å²) in [6, 6.07) is 9.03. The van der Waals surface area contributed by atoms with Crippen LogP contribution in [0.4, 0.5) is 0 Å². The van der Waals surface area contributed by atoms with Gasteiger partial charge >= 0.3 is 5.97 Å². The van der Waals surface area contributed by atoms with E-state index in [-0.39, 0.29) is 0 Å². The van der Waals surface area contributed by atoms with Crippen LogP contribution in [-0.4, -0.2) is 25.8 Å². The molecule has 6 nitrogen and oxygen atoms in total. The van der Waals surface area contributed by atoms with Crippen molar-refractivity contribution in [3.63, 3.8) is 0 Å². The predicted molar refractivity (Wildman–Crippen MR) is 95.4 cm³/mol. The maximum atomic E-state index is 12.0. The maximum absolute atomic E-state index is 12.0. The molecule has 0 amide bonds. The molecule has 0 fully saturated rings. The van der Waals surface area contributed by atoms with Crippen LogP contribution in [0.1, 0.15) is 51.5 Å². The standard InChI is InChI=1S/C19H23N3O3/c1-3-5-10-15(19(23)24)22-14-11-7-6-9-13(14)12-16(22)18-21-20-17(25-18)8-4-2/h6-7,9,11-12,15H,3-5,8,10H2,1-2H3,(H,23,24). The van der Waals surface area contributed by atoms with Crippen molar-refractivity contribution in [1.29, 1.82) is 0 Å². The number of hydrogen-bond donors (Lipinski definition) is 1. The van der Waals surface area contributed by atoms with Crippen LogP contribution in [0.25, 0.3) is 22.5 Å². The van der Waals surface area contributed by atoms with Crippen molar-refractivity contribution in [3.8, 4) is 11.6 Å². The minimum absolute atomic E-state index is 0.377. The number of aromatic nitrogens is 3. The third-order valence-electron chi connectivity index (χ3n) is 4.33. The minimum Gasteiger partial charge on any atom is -0.480 e. The van der Waals surface area contributed by atoms with Gasteiger partial charge in [0.15, 0.2) is 0 Å².